The zero-order valence-corrected chi connectivity index (χ0v) is 11.5. The third-order valence-electron chi connectivity index (χ3n) is 3.32. The normalized spacial score (nSPS) is 14.0. The molecule has 21 heavy (non-hydrogen) atoms. The Morgan fingerprint density at radius 3 is 2.19 bits per heavy atom. The first-order valence-corrected chi connectivity index (χ1v) is 6.59. The van der Waals surface area contributed by atoms with E-state index in [1.807, 2.05) is 0 Å². The molecule has 0 saturated carbocycles. The summed E-state index contributed by atoms with van der Waals surface area (Å²) in [5.41, 5.74) is 1.17. The average molecular weight is 295 g/mol. The van der Waals surface area contributed by atoms with E-state index in [0.29, 0.717) is 11.1 Å². The summed E-state index contributed by atoms with van der Waals surface area (Å²) >= 11 is 0. The van der Waals surface area contributed by atoms with Crippen LogP contribution in [0.15, 0.2) is 42.5 Å². The summed E-state index contributed by atoms with van der Waals surface area (Å²) in [6.07, 6.45) is -0.807. The van der Waals surface area contributed by atoms with Gasteiger partial charge >= 0.3 is 0 Å². The lowest BCUT2D eigenvalue weighted by Gasteiger charge is -2.18. The van der Waals surface area contributed by atoms with E-state index < -0.39 is 17.7 Å². The van der Waals surface area contributed by atoms with E-state index in [9.17, 15) is 18.3 Å². The van der Waals surface area contributed by atoms with Crippen molar-refractivity contribution >= 4 is 0 Å². The monoisotopic (exact) mass is 295 g/mol. The second kappa shape index (κ2) is 6.74. The third kappa shape index (κ3) is 4.06. The maximum atomic E-state index is 13.2. The van der Waals surface area contributed by atoms with Crippen LogP contribution in [0.5, 0.6) is 0 Å². The molecule has 112 valence electrons. The van der Waals surface area contributed by atoms with Crippen LogP contribution in [0, 0.1) is 17.5 Å². The molecule has 0 amide bonds. The highest BCUT2D eigenvalue weighted by molar-refractivity contribution is 5.21. The standard InChI is InChI=1S/C16H16F3NO/c1-10(12-4-7-14(18)15(19)8-12)20-9-16(21)11-2-5-13(17)6-3-11/h2-8,10,16,20-21H,9H2,1H3. The molecular weight excluding hydrogens is 279 g/mol. The number of halogens is 3. The van der Waals surface area contributed by atoms with Crippen LogP contribution in [0.1, 0.15) is 30.2 Å². The molecule has 0 heterocycles. The molecule has 0 spiro atoms. The molecule has 0 radical (unpaired) electrons. The van der Waals surface area contributed by atoms with Crippen molar-refractivity contribution in [2.75, 3.05) is 6.54 Å². The second-order valence-corrected chi connectivity index (χ2v) is 4.87. The minimum absolute atomic E-state index is 0.214. The van der Waals surface area contributed by atoms with Gasteiger partial charge in [0.15, 0.2) is 11.6 Å². The molecule has 2 aromatic rings. The summed E-state index contributed by atoms with van der Waals surface area (Å²) in [6.45, 7) is 2.00. The molecule has 2 N–H and O–H groups in total. The molecule has 2 unspecified atom stereocenters. The number of aliphatic hydroxyl groups excluding tert-OH is 1. The van der Waals surface area contributed by atoms with Crippen molar-refractivity contribution in [3.05, 3.63) is 71.0 Å². The number of benzene rings is 2. The predicted octanol–water partition coefficient (Wildman–Crippen LogP) is 3.49. The highest BCUT2D eigenvalue weighted by Gasteiger charge is 2.12. The van der Waals surface area contributed by atoms with E-state index in [-0.39, 0.29) is 18.4 Å². The van der Waals surface area contributed by atoms with Gasteiger partial charge in [-0.05, 0) is 42.3 Å². The van der Waals surface area contributed by atoms with Crippen LogP contribution in [0.2, 0.25) is 0 Å². The molecule has 0 aliphatic heterocycles. The smallest absolute Gasteiger partial charge is 0.159 e. The number of nitrogens with one attached hydrogen (secondary N) is 1. The molecule has 5 heteroatoms. The highest BCUT2D eigenvalue weighted by Crippen LogP contribution is 2.18. The first-order valence-electron chi connectivity index (χ1n) is 6.59. The van der Waals surface area contributed by atoms with Gasteiger partial charge in [-0.25, -0.2) is 13.2 Å². The van der Waals surface area contributed by atoms with Crippen molar-refractivity contribution < 1.29 is 18.3 Å². The summed E-state index contributed by atoms with van der Waals surface area (Å²) in [4.78, 5) is 0. The lowest BCUT2D eigenvalue weighted by atomic mass is 10.1. The van der Waals surface area contributed by atoms with Crippen LogP contribution in [-0.4, -0.2) is 11.7 Å². The molecular formula is C16H16F3NO. The van der Waals surface area contributed by atoms with E-state index in [1.165, 1.54) is 30.3 Å². The van der Waals surface area contributed by atoms with Gasteiger partial charge in [-0.15, -0.1) is 0 Å². The van der Waals surface area contributed by atoms with Gasteiger partial charge in [-0.1, -0.05) is 18.2 Å². The number of hydrogen-bond donors (Lipinski definition) is 2. The fourth-order valence-electron chi connectivity index (χ4n) is 1.99. The summed E-state index contributed by atoms with van der Waals surface area (Å²) < 4.78 is 38.8. The number of hydrogen-bond acceptors (Lipinski definition) is 2. The van der Waals surface area contributed by atoms with Gasteiger partial charge in [-0.3, -0.25) is 0 Å². The van der Waals surface area contributed by atoms with Crippen molar-refractivity contribution in [3.8, 4) is 0 Å². The predicted molar refractivity (Wildman–Crippen MR) is 74.1 cm³/mol. The van der Waals surface area contributed by atoms with Gasteiger partial charge in [0.25, 0.3) is 0 Å². The summed E-state index contributed by atoms with van der Waals surface area (Å²) in [6, 6.07) is 8.98. The average Bonchev–Trinajstić information content (AvgIpc) is 2.48. The van der Waals surface area contributed by atoms with Crippen LogP contribution in [-0.2, 0) is 0 Å². The lowest BCUT2D eigenvalue weighted by molar-refractivity contribution is 0.170. The Labute approximate surface area is 121 Å². The molecule has 0 aliphatic carbocycles. The van der Waals surface area contributed by atoms with E-state index in [0.717, 1.165) is 12.1 Å². The lowest BCUT2D eigenvalue weighted by Crippen LogP contribution is -2.24. The van der Waals surface area contributed by atoms with Gasteiger partial charge in [0, 0.05) is 12.6 Å². The topological polar surface area (TPSA) is 32.3 Å². The van der Waals surface area contributed by atoms with Crippen LogP contribution < -0.4 is 5.32 Å². The minimum atomic E-state index is -0.903. The molecule has 0 aliphatic rings. The fourth-order valence-corrected chi connectivity index (χ4v) is 1.99. The first-order chi connectivity index (χ1) is 9.97. The van der Waals surface area contributed by atoms with Crippen molar-refractivity contribution in [3.63, 3.8) is 0 Å². The van der Waals surface area contributed by atoms with Crippen molar-refractivity contribution in [1.82, 2.24) is 5.32 Å². The maximum Gasteiger partial charge on any atom is 0.159 e. The van der Waals surface area contributed by atoms with Crippen molar-refractivity contribution in [1.29, 1.82) is 0 Å². The van der Waals surface area contributed by atoms with E-state index >= 15 is 0 Å². The maximum absolute atomic E-state index is 13.2. The Hall–Kier alpha value is -1.85. The zero-order chi connectivity index (χ0) is 15.4. The van der Waals surface area contributed by atoms with Crippen molar-refractivity contribution in [2.24, 2.45) is 0 Å². The van der Waals surface area contributed by atoms with Gasteiger partial charge in [-0.2, -0.15) is 0 Å². The Balaban J connectivity index is 1.95. The van der Waals surface area contributed by atoms with Gasteiger partial charge in [0.05, 0.1) is 6.10 Å². The van der Waals surface area contributed by atoms with Gasteiger partial charge in [0.2, 0.25) is 0 Å². The molecule has 0 saturated heterocycles. The van der Waals surface area contributed by atoms with Crippen LogP contribution in [0.3, 0.4) is 0 Å². The van der Waals surface area contributed by atoms with Gasteiger partial charge in [0.1, 0.15) is 5.82 Å². The van der Waals surface area contributed by atoms with Crippen LogP contribution in [0.4, 0.5) is 13.2 Å². The van der Waals surface area contributed by atoms with E-state index in [4.69, 9.17) is 0 Å². The summed E-state index contributed by atoms with van der Waals surface area (Å²) in [5.74, 6) is -2.16. The van der Waals surface area contributed by atoms with Crippen molar-refractivity contribution in [2.45, 2.75) is 19.1 Å². The number of aliphatic hydroxyl groups is 1. The third-order valence-corrected chi connectivity index (χ3v) is 3.32. The molecule has 0 bridgehead atoms. The molecule has 2 atom stereocenters. The van der Waals surface area contributed by atoms with Crippen LogP contribution >= 0.6 is 0 Å². The van der Waals surface area contributed by atoms with E-state index in [1.54, 1.807) is 6.92 Å². The Morgan fingerprint density at radius 1 is 0.952 bits per heavy atom. The molecule has 2 nitrogen and oxygen atoms in total. The quantitative estimate of drug-likeness (QED) is 0.885. The molecule has 0 fully saturated rings. The van der Waals surface area contributed by atoms with E-state index in [2.05, 4.69) is 5.32 Å². The molecule has 2 rings (SSSR count). The zero-order valence-electron chi connectivity index (χ0n) is 11.5. The largest absolute Gasteiger partial charge is 0.387 e. The Morgan fingerprint density at radius 2 is 1.57 bits per heavy atom. The summed E-state index contributed by atoms with van der Waals surface area (Å²) in [7, 11) is 0. The highest BCUT2D eigenvalue weighted by atomic mass is 19.2. The Kier molecular flexibility index (Phi) is 4.98. The van der Waals surface area contributed by atoms with Gasteiger partial charge < -0.3 is 10.4 Å². The molecule has 2 aromatic carbocycles. The SMILES string of the molecule is CC(NCC(O)c1ccc(F)cc1)c1ccc(F)c(F)c1. The Bertz CT molecular complexity index is 601. The number of rotatable bonds is 5. The molecule has 0 aromatic heterocycles. The summed E-state index contributed by atoms with van der Waals surface area (Å²) in [5, 5.41) is 13.0. The second-order valence-electron chi connectivity index (χ2n) is 4.87. The fraction of sp³-hybridized carbons (Fsp3) is 0.250. The first kappa shape index (κ1) is 15.5. The van der Waals surface area contributed by atoms with Crippen LogP contribution in [0.25, 0.3) is 0 Å². The minimum Gasteiger partial charge on any atom is -0.387 e.